The lowest BCUT2D eigenvalue weighted by Crippen LogP contribution is -2.66. The van der Waals surface area contributed by atoms with Crippen LogP contribution in [0.2, 0.25) is 0 Å². The molecule has 0 aromatic heterocycles. The predicted octanol–water partition coefficient (Wildman–Crippen LogP) is -7.19. The van der Waals surface area contributed by atoms with Gasteiger partial charge in [0.15, 0.2) is 24.1 Å². The number of hydrogen-bond acceptors (Lipinski definition) is 16. The zero-order chi connectivity index (χ0) is 29.9. The molecule has 2 saturated heterocycles. The Morgan fingerprint density at radius 2 is 1.65 bits per heavy atom. The predicted molar refractivity (Wildman–Crippen MR) is 134 cm³/mol. The second-order valence-corrected chi connectivity index (χ2v) is 9.76. The van der Waals surface area contributed by atoms with Gasteiger partial charge >= 0.3 is 0 Å². The molecule has 0 aromatic rings. The topological polar surface area (TPSA) is 326 Å². The molecule has 1 aliphatic carbocycles. The summed E-state index contributed by atoms with van der Waals surface area (Å²) in [7, 11) is 1.43. The van der Waals surface area contributed by atoms with Crippen LogP contribution in [0.15, 0.2) is 15.1 Å². The Balaban J connectivity index is 1.98. The number of aliphatic hydroxyl groups excluding tert-OH is 6. The summed E-state index contributed by atoms with van der Waals surface area (Å²) in [4.78, 5) is 7.69. The Labute approximate surface area is 228 Å². The van der Waals surface area contributed by atoms with E-state index in [4.69, 9.17) is 36.1 Å². The van der Waals surface area contributed by atoms with Crippen molar-refractivity contribution in [3.05, 3.63) is 0 Å². The highest BCUT2D eigenvalue weighted by molar-refractivity contribution is 5.76. The summed E-state index contributed by atoms with van der Waals surface area (Å²) in [5, 5.41) is 89.1. The summed E-state index contributed by atoms with van der Waals surface area (Å²) in [5.41, 5.74) is 14.1. The highest BCUT2D eigenvalue weighted by atomic mass is 16.8. The highest BCUT2D eigenvalue weighted by Crippen LogP contribution is 2.38. The Morgan fingerprint density at radius 1 is 0.975 bits per heavy atom. The van der Waals surface area contributed by atoms with Gasteiger partial charge in [0, 0.05) is 0 Å². The molecule has 3 rings (SSSR count). The summed E-state index contributed by atoms with van der Waals surface area (Å²) in [6.07, 6.45) is -15.3. The van der Waals surface area contributed by atoms with Crippen LogP contribution in [0.4, 0.5) is 0 Å². The minimum Gasteiger partial charge on any atom is -0.411 e. The van der Waals surface area contributed by atoms with E-state index < -0.39 is 104 Å². The van der Waals surface area contributed by atoms with Crippen molar-refractivity contribution in [3.63, 3.8) is 0 Å². The second-order valence-electron chi connectivity index (χ2n) is 9.76. The zero-order valence-corrected chi connectivity index (χ0v) is 21.7. The molecule has 19 nitrogen and oxygen atoms in total. The van der Waals surface area contributed by atoms with Gasteiger partial charge in [0.05, 0.1) is 31.3 Å². The van der Waals surface area contributed by atoms with E-state index in [9.17, 15) is 41.0 Å². The smallest absolute Gasteiger partial charge is 0.188 e. The van der Waals surface area contributed by atoms with E-state index in [0.29, 0.717) is 6.21 Å². The number of aliphatic hydroxyl groups is 7. The fourth-order valence-electron chi connectivity index (χ4n) is 5.14. The third-order valence-corrected chi connectivity index (χ3v) is 7.37. The number of rotatable bonds is 9. The van der Waals surface area contributed by atoms with E-state index in [2.05, 4.69) is 20.5 Å². The first-order valence-electron chi connectivity index (χ1n) is 12.4. The van der Waals surface area contributed by atoms with E-state index in [0.717, 1.165) is 6.34 Å². The first kappa shape index (κ1) is 32.2. The zero-order valence-electron chi connectivity index (χ0n) is 21.7. The molecule has 0 amide bonds. The Bertz CT molecular complexity index is 928. The minimum atomic E-state index is -2.22. The maximum Gasteiger partial charge on any atom is 0.188 e. The molecular formula is C21H39N7O12. The molecule has 0 aromatic carbocycles. The van der Waals surface area contributed by atoms with E-state index in [-0.39, 0.29) is 0 Å². The lowest BCUT2D eigenvalue weighted by molar-refractivity contribution is -0.313. The van der Waals surface area contributed by atoms with Crippen LogP contribution in [0.25, 0.3) is 0 Å². The Hall–Kier alpha value is -2.27. The first-order chi connectivity index (χ1) is 18.9. The van der Waals surface area contributed by atoms with Gasteiger partial charge < -0.3 is 82.4 Å². The Kier molecular flexibility index (Phi) is 10.6. The van der Waals surface area contributed by atoms with Gasteiger partial charge in [0.2, 0.25) is 0 Å². The summed E-state index contributed by atoms with van der Waals surface area (Å²) in [6.45, 7) is 0.694. The summed E-state index contributed by atoms with van der Waals surface area (Å²) >= 11 is 0. The molecule has 0 spiro atoms. The molecule has 1 saturated carbocycles. The van der Waals surface area contributed by atoms with Crippen LogP contribution in [0, 0.1) is 0 Å². The number of guanidine groups is 1. The van der Waals surface area contributed by atoms with Crippen LogP contribution in [0.3, 0.4) is 0 Å². The highest BCUT2D eigenvalue weighted by Gasteiger charge is 2.60. The fraction of sp³-hybridized carbons (Fsp3) is 0.857. The van der Waals surface area contributed by atoms with Crippen LogP contribution < -0.4 is 22.5 Å². The number of nitrogens with zero attached hydrogens (tertiary/aromatic N) is 3. The van der Waals surface area contributed by atoms with Crippen molar-refractivity contribution >= 4 is 18.5 Å². The molecule has 40 heavy (non-hydrogen) atoms. The quantitative estimate of drug-likeness (QED) is 0.0520. The molecule has 15 N–H and O–H groups in total. The number of nitrogens with one attached hydrogen (secondary N) is 1. The maximum absolute atomic E-state index is 11.4. The van der Waals surface area contributed by atoms with Crippen molar-refractivity contribution in [3.8, 4) is 0 Å². The summed E-state index contributed by atoms with van der Waals surface area (Å²) in [5.74, 6) is -0.496. The molecular weight excluding hydrogens is 542 g/mol. The molecule has 3 fully saturated rings. The maximum atomic E-state index is 11.4. The lowest BCUT2D eigenvalue weighted by Gasteiger charge is -2.45. The van der Waals surface area contributed by atoms with E-state index >= 15 is 0 Å². The van der Waals surface area contributed by atoms with Gasteiger partial charge in [-0.25, -0.2) is 4.99 Å². The van der Waals surface area contributed by atoms with Crippen LogP contribution in [-0.4, -0.2) is 164 Å². The molecule has 0 unspecified atom stereocenters. The number of oxime groups is 1. The van der Waals surface area contributed by atoms with Gasteiger partial charge in [0.25, 0.3) is 0 Å². The summed E-state index contributed by atoms with van der Waals surface area (Å²) < 4.78 is 23.2. The second kappa shape index (κ2) is 13.1. The molecule has 0 radical (unpaired) electrons. The number of ether oxygens (including phenoxy) is 4. The molecule has 3 aliphatic rings. The van der Waals surface area contributed by atoms with Crippen LogP contribution >= 0.6 is 0 Å². The number of aliphatic imine (C=N–C) groups is 2. The van der Waals surface area contributed by atoms with Crippen molar-refractivity contribution in [1.29, 1.82) is 0 Å². The molecule has 0 bridgehead atoms. The molecule has 2 heterocycles. The number of hydrogen-bond donors (Lipinski definition) is 12. The van der Waals surface area contributed by atoms with E-state index in [1.165, 1.54) is 14.0 Å². The fourth-order valence-corrected chi connectivity index (χ4v) is 5.14. The molecule has 19 heteroatoms. The SMILES string of the molecule is CN[C@@H]1[C@H](O[C@H]2[C@@H](O[C@H]3[C@H](O)[C@@H](O)[C@H](N=CN)[C@H](O)[C@@H]3N=C(N)N)O[C@@H](C)[C@]2(O)/C=N/O)O[C@@H](CO)[C@H](O)[C@H]1O. The lowest BCUT2D eigenvalue weighted by atomic mass is 9.81. The van der Waals surface area contributed by atoms with Crippen LogP contribution in [0.5, 0.6) is 0 Å². The minimum absolute atomic E-state index is 0.496. The van der Waals surface area contributed by atoms with E-state index in [1.807, 2.05) is 0 Å². The van der Waals surface area contributed by atoms with Crippen LogP contribution in [0.1, 0.15) is 6.92 Å². The van der Waals surface area contributed by atoms with Crippen molar-refractivity contribution in [2.45, 2.75) is 98.2 Å². The third kappa shape index (κ3) is 6.00. The summed E-state index contributed by atoms with van der Waals surface area (Å²) in [6, 6.07) is -3.86. The van der Waals surface area contributed by atoms with Gasteiger partial charge in [-0.3, -0.25) is 4.99 Å². The van der Waals surface area contributed by atoms with E-state index in [1.54, 1.807) is 0 Å². The van der Waals surface area contributed by atoms with Crippen molar-refractivity contribution < 1.29 is 59.9 Å². The van der Waals surface area contributed by atoms with Crippen LogP contribution in [-0.2, 0) is 18.9 Å². The van der Waals surface area contributed by atoms with Gasteiger partial charge in [-0.15, -0.1) is 0 Å². The molecule has 230 valence electrons. The average Bonchev–Trinajstić information content (AvgIpc) is 3.13. The molecule has 15 atom stereocenters. The Morgan fingerprint density at radius 3 is 2.20 bits per heavy atom. The van der Waals surface area contributed by atoms with Gasteiger partial charge in [-0.2, -0.15) is 0 Å². The largest absolute Gasteiger partial charge is 0.411 e. The van der Waals surface area contributed by atoms with Crippen molar-refractivity contribution in [2.75, 3.05) is 13.7 Å². The van der Waals surface area contributed by atoms with Gasteiger partial charge in [0.1, 0.15) is 60.9 Å². The molecule has 2 aliphatic heterocycles. The monoisotopic (exact) mass is 581 g/mol. The number of nitrogens with two attached hydrogens (primary N) is 3. The normalized spacial score (nSPS) is 48.1. The van der Waals surface area contributed by atoms with Gasteiger partial charge in [-0.1, -0.05) is 5.16 Å². The van der Waals surface area contributed by atoms with Crippen molar-refractivity contribution in [2.24, 2.45) is 32.3 Å². The number of likely N-dealkylation sites (N-methyl/N-ethyl adjacent to an activating group) is 1. The average molecular weight is 582 g/mol. The van der Waals surface area contributed by atoms with Gasteiger partial charge in [-0.05, 0) is 14.0 Å². The third-order valence-electron chi connectivity index (χ3n) is 7.37. The van der Waals surface area contributed by atoms with Crippen molar-refractivity contribution in [1.82, 2.24) is 5.32 Å². The first-order valence-corrected chi connectivity index (χ1v) is 12.4. The standard InChI is InChI=1S/C21H39N7O12/c1-6-21(35,4-27-36)17(40-18-10(25-2)14(33)11(30)7(3-29)38-18)19(37-6)39-16-9(28-20(23)24)12(31)8(26-5-22)13(32)15(16)34/h4-19,25,29-36H,3H2,1-2H3,(H2,22,26)(H4,23,24,28)/b27-4+/t6-,7-,8+,9-,10-,11-,12-,13-,14-,15+,16+,17-,18-,19+,21+/m0/s1.